The highest BCUT2D eigenvalue weighted by atomic mass is 16.5. The van der Waals surface area contributed by atoms with Crippen molar-refractivity contribution in [2.24, 2.45) is 0 Å². The third-order valence-corrected chi connectivity index (χ3v) is 2.65. The molecular formula is C12H13N7O. The molecule has 0 bridgehead atoms. The number of fused-ring (bicyclic) bond motifs is 1. The minimum atomic E-state index is 0.476. The molecule has 3 N–H and O–H groups in total. The molecule has 0 spiro atoms. The molecule has 0 saturated heterocycles. The van der Waals surface area contributed by atoms with Crippen LogP contribution in [0.2, 0.25) is 0 Å². The van der Waals surface area contributed by atoms with Crippen molar-refractivity contribution in [2.75, 3.05) is 24.2 Å². The Balaban J connectivity index is 1.53. The van der Waals surface area contributed by atoms with Crippen molar-refractivity contribution in [1.29, 1.82) is 0 Å². The molecule has 3 rings (SSSR count). The molecule has 3 aromatic rings. The molecule has 1 aromatic carbocycles. The van der Waals surface area contributed by atoms with E-state index in [4.69, 9.17) is 10.5 Å². The van der Waals surface area contributed by atoms with Crippen LogP contribution in [-0.2, 0) is 0 Å². The molecule has 0 fully saturated rings. The minimum Gasteiger partial charge on any atom is -0.490 e. The summed E-state index contributed by atoms with van der Waals surface area (Å²) in [5.41, 5.74) is 7.01. The summed E-state index contributed by atoms with van der Waals surface area (Å²) in [6, 6.07) is 11.0. The van der Waals surface area contributed by atoms with Gasteiger partial charge in [-0.15, -0.1) is 14.8 Å². The fraction of sp³-hybridized carbons (Fsp3) is 0.167. The van der Waals surface area contributed by atoms with Crippen LogP contribution in [0.5, 0.6) is 5.75 Å². The summed E-state index contributed by atoms with van der Waals surface area (Å²) in [7, 11) is 0. The molecule has 0 aliphatic carbocycles. The lowest BCUT2D eigenvalue weighted by Crippen LogP contribution is -2.13. The first-order valence-corrected chi connectivity index (χ1v) is 6.09. The summed E-state index contributed by atoms with van der Waals surface area (Å²) in [5, 5.41) is 18.3. The molecule has 0 radical (unpaired) electrons. The van der Waals surface area contributed by atoms with Gasteiger partial charge in [0.1, 0.15) is 18.2 Å². The van der Waals surface area contributed by atoms with Gasteiger partial charge in [0.25, 0.3) is 0 Å². The van der Waals surface area contributed by atoms with Crippen molar-refractivity contribution >= 4 is 17.2 Å². The van der Waals surface area contributed by atoms with Gasteiger partial charge in [-0.2, -0.15) is 0 Å². The average molecular weight is 271 g/mol. The van der Waals surface area contributed by atoms with Crippen LogP contribution in [0.1, 0.15) is 0 Å². The monoisotopic (exact) mass is 271 g/mol. The summed E-state index contributed by atoms with van der Waals surface area (Å²) in [6.45, 7) is 1.07. The third kappa shape index (κ3) is 2.58. The molecule has 0 atom stereocenters. The third-order valence-electron chi connectivity index (χ3n) is 2.65. The largest absolute Gasteiger partial charge is 0.490 e. The Morgan fingerprint density at radius 3 is 3.00 bits per heavy atom. The lowest BCUT2D eigenvalue weighted by Gasteiger charge is -2.09. The maximum atomic E-state index is 5.78. The molecule has 8 nitrogen and oxygen atoms in total. The van der Waals surface area contributed by atoms with Gasteiger partial charge in [0.15, 0.2) is 5.65 Å². The first kappa shape index (κ1) is 12.2. The van der Waals surface area contributed by atoms with Crippen molar-refractivity contribution < 1.29 is 4.74 Å². The van der Waals surface area contributed by atoms with Gasteiger partial charge in [-0.3, -0.25) is 0 Å². The molecule has 20 heavy (non-hydrogen) atoms. The number of hydrogen-bond acceptors (Lipinski definition) is 7. The highest BCUT2D eigenvalue weighted by Gasteiger charge is 2.01. The van der Waals surface area contributed by atoms with Crippen LogP contribution in [0, 0.1) is 0 Å². The van der Waals surface area contributed by atoms with Crippen LogP contribution in [0.4, 0.5) is 11.5 Å². The molecule has 0 saturated carbocycles. The maximum absolute atomic E-state index is 5.78. The molecule has 0 amide bonds. The smallest absolute Gasteiger partial charge is 0.200 e. The number of tetrazole rings is 1. The number of anilines is 2. The van der Waals surface area contributed by atoms with E-state index in [1.807, 2.05) is 24.3 Å². The number of hydrogen-bond donors (Lipinski definition) is 2. The second-order valence-electron chi connectivity index (χ2n) is 4.06. The molecule has 0 aliphatic rings. The van der Waals surface area contributed by atoms with Crippen LogP contribution in [0.3, 0.4) is 0 Å². The second kappa shape index (κ2) is 5.39. The molecule has 102 valence electrons. The van der Waals surface area contributed by atoms with Gasteiger partial charge in [0, 0.05) is 0 Å². The van der Waals surface area contributed by atoms with Gasteiger partial charge in [0.05, 0.1) is 12.2 Å². The fourth-order valence-corrected chi connectivity index (χ4v) is 1.70. The van der Waals surface area contributed by atoms with Crippen molar-refractivity contribution in [2.45, 2.75) is 0 Å². The number of nitrogens with one attached hydrogen (secondary N) is 1. The predicted molar refractivity (Wildman–Crippen MR) is 73.4 cm³/mol. The lowest BCUT2D eigenvalue weighted by atomic mass is 10.3. The van der Waals surface area contributed by atoms with E-state index in [2.05, 4.69) is 25.9 Å². The molecule has 0 aliphatic heterocycles. The van der Waals surface area contributed by atoms with E-state index < -0.39 is 0 Å². The van der Waals surface area contributed by atoms with E-state index in [9.17, 15) is 0 Å². The summed E-state index contributed by atoms with van der Waals surface area (Å²) in [5.74, 6) is 1.35. The quantitative estimate of drug-likeness (QED) is 0.517. The zero-order valence-electron chi connectivity index (χ0n) is 10.6. The number of aromatic nitrogens is 5. The number of ether oxygens (including phenoxy) is 1. The standard InChI is InChI=1S/C12H13N7O/c13-9-3-1-2-4-10(9)20-8-7-14-11-5-6-12-15-17-18-19(12)16-11/h1-6H,7-8,13H2,(H,14,16). The Labute approximate surface area is 114 Å². The predicted octanol–water partition coefficient (Wildman–Crippen LogP) is 0.592. The Bertz CT molecular complexity index is 712. The van der Waals surface area contributed by atoms with Crippen LogP contribution in [-0.4, -0.2) is 38.4 Å². The Morgan fingerprint density at radius 1 is 1.20 bits per heavy atom. The van der Waals surface area contributed by atoms with Gasteiger partial charge in [-0.1, -0.05) is 12.1 Å². The average Bonchev–Trinajstić information content (AvgIpc) is 2.93. The fourth-order valence-electron chi connectivity index (χ4n) is 1.70. The van der Waals surface area contributed by atoms with E-state index in [1.165, 1.54) is 4.63 Å². The number of nitrogens with two attached hydrogens (primary N) is 1. The maximum Gasteiger partial charge on any atom is 0.200 e. The van der Waals surface area contributed by atoms with Gasteiger partial charge < -0.3 is 15.8 Å². The Morgan fingerprint density at radius 2 is 2.10 bits per heavy atom. The molecule has 0 unspecified atom stereocenters. The number of nitrogens with zero attached hydrogens (tertiary/aromatic N) is 5. The number of rotatable bonds is 5. The lowest BCUT2D eigenvalue weighted by molar-refractivity contribution is 0.334. The van der Waals surface area contributed by atoms with Gasteiger partial charge in [0.2, 0.25) is 0 Å². The molecular weight excluding hydrogens is 258 g/mol. The van der Waals surface area contributed by atoms with Crippen molar-refractivity contribution in [1.82, 2.24) is 25.3 Å². The first-order valence-electron chi connectivity index (χ1n) is 6.09. The Hall–Kier alpha value is -2.90. The number of para-hydroxylation sites is 2. The SMILES string of the molecule is Nc1ccccc1OCCNc1ccc2nnnn2n1. The molecule has 2 aromatic heterocycles. The van der Waals surface area contributed by atoms with E-state index in [-0.39, 0.29) is 0 Å². The van der Waals surface area contributed by atoms with E-state index in [0.717, 1.165) is 0 Å². The van der Waals surface area contributed by atoms with Crippen molar-refractivity contribution in [3.8, 4) is 5.75 Å². The van der Waals surface area contributed by atoms with Crippen LogP contribution >= 0.6 is 0 Å². The van der Waals surface area contributed by atoms with Crippen LogP contribution in [0.25, 0.3) is 5.65 Å². The second-order valence-corrected chi connectivity index (χ2v) is 4.06. The number of nitrogen functional groups attached to an aromatic ring is 1. The summed E-state index contributed by atoms with van der Waals surface area (Å²) in [4.78, 5) is 0. The van der Waals surface area contributed by atoms with Gasteiger partial charge in [-0.05, 0) is 34.7 Å². The first-order chi connectivity index (χ1) is 9.83. The highest BCUT2D eigenvalue weighted by molar-refractivity contribution is 5.51. The number of benzene rings is 1. The molecule has 8 heteroatoms. The van der Waals surface area contributed by atoms with E-state index in [1.54, 1.807) is 12.1 Å². The van der Waals surface area contributed by atoms with E-state index >= 15 is 0 Å². The zero-order chi connectivity index (χ0) is 13.8. The van der Waals surface area contributed by atoms with Gasteiger partial charge >= 0.3 is 0 Å². The van der Waals surface area contributed by atoms with Crippen molar-refractivity contribution in [3.05, 3.63) is 36.4 Å². The molecule has 2 heterocycles. The van der Waals surface area contributed by atoms with Crippen LogP contribution < -0.4 is 15.8 Å². The topological polar surface area (TPSA) is 103 Å². The summed E-state index contributed by atoms with van der Waals surface area (Å²) in [6.07, 6.45) is 0. The normalized spacial score (nSPS) is 10.6. The van der Waals surface area contributed by atoms with Crippen LogP contribution in [0.15, 0.2) is 36.4 Å². The highest BCUT2D eigenvalue weighted by Crippen LogP contribution is 2.19. The Kier molecular flexibility index (Phi) is 3.27. The van der Waals surface area contributed by atoms with Gasteiger partial charge in [-0.25, -0.2) is 0 Å². The van der Waals surface area contributed by atoms with E-state index in [0.29, 0.717) is 36.1 Å². The summed E-state index contributed by atoms with van der Waals surface area (Å²) >= 11 is 0. The summed E-state index contributed by atoms with van der Waals surface area (Å²) < 4.78 is 6.93. The van der Waals surface area contributed by atoms with Crippen molar-refractivity contribution in [3.63, 3.8) is 0 Å². The minimum absolute atomic E-state index is 0.476. The zero-order valence-corrected chi connectivity index (χ0v) is 10.6.